The van der Waals surface area contributed by atoms with Gasteiger partial charge in [-0.15, -0.1) is 9.36 Å². The summed E-state index contributed by atoms with van der Waals surface area (Å²) in [5.41, 5.74) is 0. The predicted octanol–water partition coefficient (Wildman–Crippen LogP) is -1.44. The molecule has 1 N–H and O–H groups in total. The van der Waals surface area contributed by atoms with Gasteiger partial charge in [0, 0.05) is 0 Å². The third kappa shape index (κ3) is 2.01. The average molecular weight is 341 g/mol. The van der Waals surface area contributed by atoms with Crippen LogP contribution in [0.2, 0.25) is 0 Å². The highest BCUT2D eigenvalue weighted by atomic mass is 32.2. The topological polar surface area (TPSA) is 113 Å². The van der Waals surface area contributed by atoms with Crippen molar-refractivity contribution >= 4 is 21.7 Å². The van der Waals surface area contributed by atoms with E-state index in [2.05, 4.69) is 11.8 Å². The van der Waals surface area contributed by atoms with Crippen molar-refractivity contribution < 1.29 is 27.8 Å². The number of β-lactam (4-membered cyclic amide) rings is 1. The van der Waals surface area contributed by atoms with Gasteiger partial charge in [-0.3, -0.25) is 4.79 Å². The molecule has 0 aromatic carbocycles. The normalized spacial score (nSPS) is 31.5. The zero-order valence-electron chi connectivity index (χ0n) is 12.5. The van der Waals surface area contributed by atoms with Crippen LogP contribution in [0.25, 0.3) is 0 Å². The number of carbonyl (C=O) groups is 2. The minimum Gasteiger partial charge on any atom is -0.480 e. The maximum atomic E-state index is 12.8. The second kappa shape index (κ2) is 4.88. The summed E-state index contributed by atoms with van der Waals surface area (Å²) >= 11 is 0. The smallest absolute Gasteiger partial charge is 0.328 e. The van der Waals surface area contributed by atoms with Crippen molar-refractivity contribution in [2.75, 3.05) is 0 Å². The Labute approximate surface area is 132 Å². The Kier molecular flexibility index (Phi) is 3.32. The van der Waals surface area contributed by atoms with Gasteiger partial charge >= 0.3 is 5.97 Å². The van der Waals surface area contributed by atoms with Gasteiger partial charge in [0.1, 0.15) is 23.2 Å². The van der Waals surface area contributed by atoms with Crippen LogP contribution < -0.4 is 4.68 Å². The van der Waals surface area contributed by atoms with Crippen molar-refractivity contribution in [3.8, 4) is 0 Å². The summed E-state index contributed by atoms with van der Waals surface area (Å²) in [6, 6.07) is -1.41. The van der Waals surface area contributed by atoms with E-state index in [1.165, 1.54) is 11.6 Å². The van der Waals surface area contributed by atoms with Gasteiger partial charge in [-0.25, -0.2) is 13.2 Å². The van der Waals surface area contributed by atoms with E-state index >= 15 is 0 Å². The fraction of sp³-hybridized carbons (Fsp3) is 0.538. The first-order valence-corrected chi connectivity index (χ1v) is 8.58. The number of carbonyl (C=O) groups excluding carboxylic acids is 1. The molecule has 1 amide bonds. The van der Waals surface area contributed by atoms with Gasteiger partial charge in [0.2, 0.25) is 5.91 Å². The Morgan fingerprint density at radius 2 is 2.35 bits per heavy atom. The van der Waals surface area contributed by atoms with Crippen molar-refractivity contribution in [3.63, 3.8) is 0 Å². The SMILES string of the molecule is C=CC[n+]1ccn(CC2(C)C(C(=O)O)N3C(=O)CC3S2(=O)=O)n1. The summed E-state index contributed by atoms with van der Waals surface area (Å²) in [6.07, 6.45) is 4.69. The van der Waals surface area contributed by atoms with Gasteiger partial charge in [0.05, 0.1) is 11.6 Å². The summed E-state index contributed by atoms with van der Waals surface area (Å²) in [5, 5.41) is 12.6. The number of fused-ring (bicyclic) bond motifs is 1. The van der Waals surface area contributed by atoms with Crippen molar-refractivity contribution in [1.29, 1.82) is 0 Å². The van der Waals surface area contributed by atoms with Crippen LogP contribution in [0.5, 0.6) is 0 Å². The number of aliphatic carboxylic acids is 1. The Balaban J connectivity index is 2.00. The summed E-state index contributed by atoms with van der Waals surface area (Å²) in [4.78, 5) is 24.3. The molecule has 2 fully saturated rings. The summed E-state index contributed by atoms with van der Waals surface area (Å²) < 4.78 is 26.8. The second-order valence-corrected chi connectivity index (χ2v) is 8.52. The molecular weight excluding hydrogens is 324 g/mol. The van der Waals surface area contributed by atoms with E-state index in [9.17, 15) is 23.1 Å². The summed E-state index contributed by atoms with van der Waals surface area (Å²) in [7, 11) is -3.82. The van der Waals surface area contributed by atoms with Crippen LogP contribution in [0, 0.1) is 0 Å². The quantitative estimate of drug-likeness (QED) is 0.398. The number of sulfone groups is 1. The molecule has 0 saturated carbocycles. The fourth-order valence-corrected chi connectivity index (χ4v) is 5.64. The molecule has 3 rings (SSSR count). The van der Waals surface area contributed by atoms with E-state index in [4.69, 9.17) is 0 Å². The molecule has 2 aliphatic rings. The highest BCUT2D eigenvalue weighted by Gasteiger charge is 2.70. The Hall–Kier alpha value is -2.23. The third-order valence-electron chi connectivity index (χ3n) is 4.48. The largest absolute Gasteiger partial charge is 0.480 e. The van der Waals surface area contributed by atoms with Crippen molar-refractivity contribution in [1.82, 2.24) is 14.8 Å². The molecule has 0 radical (unpaired) electrons. The zero-order chi connectivity index (χ0) is 17.0. The lowest BCUT2D eigenvalue weighted by Crippen LogP contribution is -2.58. The molecule has 124 valence electrons. The summed E-state index contributed by atoms with van der Waals surface area (Å²) in [5.74, 6) is -1.77. The van der Waals surface area contributed by atoms with Gasteiger partial charge in [-0.2, -0.15) is 0 Å². The van der Waals surface area contributed by atoms with Gasteiger partial charge < -0.3 is 10.0 Å². The molecule has 9 nitrogen and oxygen atoms in total. The molecule has 0 aliphatic carbocycles. The lowest BCUT2D eigenvalue weighted by atomic mass is 9.96. The molecule has 3 heterocycles. The molecule has 0 spiro atoms. The summed E-state index contributed by atoms with van der Waals surface area (Å²) in [6.45, 7) is 5.26. The standard InChI is InChI=1S/C13H16N4O5S/c1-3-4-15-5-6-16(14-15)8-13(2)11(12(19)20)17-9(18)7-10(17)23(13,21)22/h3,5-6,10-11H,1,4,7-8H2,2H3/p+1. The van der Waals surface area contributed by atoms with E-state index in [-0.39, 0.29) is 13.0 Å². The third-order valence-corrected chi connectivity index (χ3v) is 7.24. The molecule has 1 aromatic heterocycles. The number of amides is 1. The predicted molar refractivity (Wildman–Crippen MR) is 76.6 cm³/mol. The lowest BCUT2D eigenvalue weighted by molar-refractivity contribution is -0.746. The fourth-order valence-electron chi connectivity index (χ4n) is 3.28. The van der Waals surface area contributed by atoms with E-state index in [1.807, 2.05) is 0 Å². The van der Waals surface area contributed by atoms with Crippen LogP contribution in [0.4, 0.5) is 0 Å². The Bertz CT molecular complexity index is 801. The minimum absolute atomic E-state index is 0.142. The number of hydrogen-bond donors (Lipinski definition) is 1. The van der Waals surface area contributed by atoms with E-state index in [0.29, 0.717) is 6.54 Å². The first-order valence-electron chi connectivity index (χ1n) is 7.04. The number of allylic oxidation sites excluding steroid dienone is 1. The van der Waals surface area contributed by atoms with Crippen molar-refractivity contribution in [3.05, 3.63) is 25.0 Å². The van der Waals surface area contributed by atoms with Crippen LogP contribution in [-0.4, -0.2) is 56.4 Å². The number of aromatic nitrogens is 3. The number of carboxylic acid groups (broad SMARTS) is 1. The van der Waals surface area contributed by atoms with E-state index in [1.54, 1.807) is 23.2 Å². The molecule has 1 aromatic rings. The molecular formula is C13H17N4O5S+. The van der Waals surface area contributed by atoms with E-state index in [0.717, 1.165) is 4.90 Å². The van der Waals surface area contributed by atoms with Gasteiger partial charge in [-0.05, 0) is 13.0 Å². The lowest BCUT2D eigenvalue weighted by Gasteiger charge is -2.35. The number of carboxylic acids is 1. The Morgan fingerprint density at radius 1 is 1.65 bits per heavy atom. The number of nitrogens with zero attached hydrogens (tertiary/aromatic N) is 4. The molecule has 10 heteroatoms. The van der Waals surface area contributed by atoms with Gasteiger partial charge in [0.15, 0.2) is 28.3 Å². The van der Waals surface area contributed by atoms with E-state index < -0.39 is 37.9 Å². The monoisotopic (exact) mass is 341 g/mol. The first kappa shape index (κ1) is 15.7. The molecule has 2 aliphatic heterocycles. The highest BCUT2D eigenvalue weighted by molar-refractivity contribution is 7.93. The van der Waals surface area contributed by atoms with Crippen LogP contribution in [0.15, 0.2) is 25.0 Å². The van der Waals surface area contributed by atoms with Crippen molar-refractivity contribution in [2.24, 2.45) is 0 Å². The molecule has 23 heavy (non-hydrogen) atoms. The second-order valence-electron chi connectivity index (χ2n) is 5.95. The Morgan fingerprint density at radius 3 is 2.91 bits per heavy atom. The molecule has 3 unspecified atom stereocenters. The van der Waals surface area contributed by atoms with Crippen LogP contribution in [0.3, 0.4) is 0 Å². The molecule has 0 bridgehead atoms. The molecule has 2 saturated heterocycles. The maximum Gasteiger partial charge on any atom is 0.328 e. The van der Waals surface area contributed by atoms with Gasteiger partial charge in [0.25, 0.3) is 0 Å². The highest BCUT2D eigenvalue weighted by Crippen LogP contribution is 2.46. The van der Waals surface area contributed by atoms with Crippen LogP contribution in [0.1, 0.15) is 13.3 Å². The minimum atomic E-state index is -3.82. The maximum absolute atomic E-state index is 12.8. The van der Waals surface area contributed by atoms with Crippen LogP contribution >= 0.6 is 0 Å². The molecule has 3 atom stereocenters. The van der Waals surface area contributed by atoms with Gasteiger partial charge in [-0.1, -0.05) is 6.58 Å². The average Bonchev–Trinajstić information content (AvgIpc) is 2.92. The van der Waals surface area contributed by atoms with Crippen molar-refractivity contribution in [2.45, 2.75) is 42.6 Å². The number of hydrogen-bond acceptors (Lipinski definition) is 5. The van der Waals surface area contributed by atoms with Crippen LogP contribution in [-0.2, 0) is 32.5 Å². The first-order chi connectivity index (χ1) is 10.7. The zero-order valence-corrected chi connectivity index (χ0v) is 13.3. The number of rotatable bonds is 5.